The van der Waals surface area contributed by atoms with E-state index in [2.05, 4.69) is 61.3 Å². The molecule has 0 bridgehead atoms. The summed E-state index contributed by atoms with van der Waals surface area (Å²) in [7, 11) is 0. The molecule has 3 rings (SSSR count). The molecule has 0 spiro atoms. The number of nitrogens with zero attached hydrogens (tertiary/aromatic N) is 2. The summed E-state index contributed by atoms with van der Waals surface area (Å²) in [6.07, 6.45) is 0. The molecule has 0 amide bonds. The van der Waals surface area contributed by atoms with Gasteiger partial charge in [-0.05, 0) is 26.3 Å². The smallest absolute Gasteiger partial charge is 0.107 e. The molecule has 1 aromatic heterocycles. The standard InChI is InChI=1S/C17H23N3S/c1-13-14(2)21-16(19-13)11-20-10-9-18-12-17(20,3)15-7-5-4-6-8-15/h4-8,18H,9-12H2,1-3H3. The molecular weight excluding hydrogens is 278 g/mol. The number of benzene rings is 1. The summed E-state index contributed by atoms with van der Waals surface area (Å²) in [6, 6.07) is 10.8. The zero-order chi connectivity index (χ0) is 14.9. The molecule has 0 radical (unpaired) electrons. The molecule has 4 heteroatoms. The highest BCUT2D eigenvalue weighted by atomic mass is 32.1. The largest absolute Gasteiger partial charge is 0.313 e. The van der Waals surface area contributed by atoms with E-state index in [1.54, 1.807) is 0 Å². The fourth-order valence-electron chi connectivity index (χ4n) is 3.01. The van der Waals surface area contributed by atoms with Gasteiger partial charge in [0.1, 0.15) is 5.01 Å². The Bertz CT molecular complexity index is 588. The first-order valence-corrected chi connectivity index (χ1v) is 8.35. The molecule has 1 fully saturated rings. The second-order valence-corrected chi connectivity index (χ2v) is 7.28. The second kappa shape index (κ2) is 5.87. The van der Waals surface area contributed by atoms with Crippen molar-refractivity contribution in [2.75, 3.05) is 19.6 Å². The van der Waals surface area contributed by atoms with Crippen molar-refractivity contribution >= 4 is 11.3 Å². The minimum Gasteiger partial charge on any atom is -0.313 e. The fraction of sp³-hybridized carbons (Fsp3) is 0.471. The Balaban J connectivity index is 1.87. The van der Waals surface area contributed by atoms with E-state index in [-0.39, 0.29) is 5.54 Å². The summed E-state index contributed by atoms with van der Waals surface area (Å²) in [5, 5.41) is 4.78. The Kier molecular flexibility index (Phi) is 4.11. The highest BCUT2D eigenvalue weighted by molar-refractivity contribution is 7.11. The summed E-state index contributed by atoms with van der Waals surface area (Å²) in [6.45, 7) is 10.6. The first kappa shape index (κ1) is 14.7. The summed E-state index contributed by atoms with van der Waals surface area (Å²) in [5.41, 5.74) is 2.58. The second-order valence-electron chi connectivity index (χ2n) is 5.99. The maximum Gasteiger partial charge on any atom is 0.107 e. The van der Waals surface area contributed by atoms with E-state index >= 15 is 0 Å². The van der Waals surface area contributed by atoms with E-state index in [0.29, 0.717) is 0 Å². The van der Waals surface area contributed by atoms with Crippen LogP contribution >= 0.6 is 11.3 Å². The summed E-state index contributed by atoms with van der Waals surface area (Å²) in [5.74, 6) is 0. The van der Waals surface area contributed by atoms with E-state index in [1.165, 1.54) is 21.1 Å². The van der Waals surface area contributed by atoms with Crippen LogP contribution in [-0.4, -0.2) is 29.5 Å². The quantitative estimate of drug-likeness (QED) is 0.944. The molecule has 112 valence electrons. The molecule has 0 aliphatic carbocycles. The van der Waals surface area contributed by atoms with Crippen molar-refractivity contribution < 1.29 is 0 Å². The molecule has 2 aromatic rings. The van der Waals surface area contributed by atoms with Gasteiger partial charge in [0.15, 0.2) is 0 Å². The van der Waals surface area contributed by atoms with Crippen LogP contribution in [-0.2, 0) is 12.1 Å². The molecule has 1 aliphatic heterocycles. The van der Waals surface area contributed by atoms with Crippen molar-refractivity contribution in [1.29, 1.82) is 0 Å². The topological polar surface area (TPSA) is 28.2 Å². The van der Waals surface area contributed by atoms with Crippen LogP contribution in [0, 0.1) is 13.8 Å². The number of nitrogens with one attached hydrogen (secondary N) is 1. The first-order chi connectivity index (χ1) is 10.1. The predicted octanol–water partition coefficient (Wildman–Crippen LogP) is 3.08. The van der Waals surface area contributed by atoms with Crippen LogP contribution in [0.4, 0.5) is 0 Å². The predicted molar refractivity (Wildman–Crippen MR) is 88.7 cm³/mol. The van der Waals surface area contributed by atoms with Gasteiger partial charge in [-0.3, -0.25) is 4.90 Å². The molecular formula is C17H23N3S. The minimum atomic E-state index is 0.0347. The number of hydrogen-bond acceptors (Lipinski definition) is 4. The molecule has 1 atom stereocenters. The van der Waals surface area contributed by atoms with Crippen molar-refractivity contribution in [2.45, 2.75) is 32.9 Å². The summed E-state index contributed by atoms with van der Waals surface area (Å²) >= 11 is 1.83. The number of thiazole rings is 1. The monoisotopic (exact) mass is 301 g/mol. The lowest BCUT2D eigenvalue weighted by atomic mass is 9.88. The maximum atomic E-state index is 4.72. The summed E-state index contributed by atoms with van der Waals surface area (Å²) < 4.78 is 0. The van der Waals surface area contributed by atoms with Crippen molar-refractivity contribution in [3.05, 3.63) is 51.5 Å². The van der Waals surface area contributed by atoms with Gasteiger partial charge in [0.25, 0.3) is 0 Å². The van der Waals surface area contributed by atoms with Gasteiger partial charge < -0.3 is 5.32 Å². The van der Waals surface area contributed by atoms with E-state index in [9.17, 15) is 0 Å². The van der Waals surface area contributed by atoms with Crippen LogP contribution in [0.3, 0.4) is 0 Å². The first-order valence-electron chi connectivity index (χ1n) is 7.54. The molecule has 1 N–H and O–H groups in total. The third kappa shape index (κ3) is 2.89. The van der Waals surface area contributed by atoms with E-state index in [0.717, 1.165) is 26.2 Å². The number of rotatable bonds is 3. The SMILES string of the molecule is Cc1nc(CN2CCNCC2(C)c2ccccc2)sc1C. The van der Waals surface area contributed by atoms with Gasteiger partial charge in [-0.2, -0.15) is 0 Å². The zero-order valence-corrected chi connectivity index (χ0v) is 13.8. The van der Waals surface area contributed by atoms with Crippen LogP contribution in [0.15, 0.2) is 30.3 Å². The minimum absolute atomic E-state index is 0.0347. The van der Waals surface area contributed by atoms with Crippen LogP contribution in [0.2, 0.25) is 0 Å². The lowest BCUT2D eigenvalue weighted by molar-refractivity contribution is 0.0649. The van der Waals surface area contributed by atoms with Gasteiger partial charge in [-0.15, -0.1) is 11.3 Å². The van der Waals surface area contributed by atoms with Gasteiger partial charge in [0, 0.05) is 24.5 Å². The van der Waals surface area contributed by atoms with E-state index in [4.69, 9.17) is 4.98 Å². The molecule has 1 saturated heterocycles. The van der Waals surface area contributed by atoms with Gasteiger partial charge >= 0.3 is 0 Å². The Morgan fingerprint density at radius 2 is 2.05 bits per heavy atom. The van der Waals surface area contributed by atoms with Crippen molar-refractivity contribution in [3.8, 4) is 0 Å². The summed E-state index contributed by atoms with van der Waals surface area (Å²) in [4.78, 5) is 8.62. The third-order valence-electron chi connectivity index (χ3n) is 4.52. The van der Waals surface area contributed by atoms with Crippen LogP contribution < -0.4 is 5.32 Å². The molecule has 1 aliphatic rings. The highest BCUT2D eigenvalue weighted by Gasteiger charge is 2.36. The van der Waals surface area contributed by atoms with Gasteiger partial charge in [-0.1, -0.05) is 30.3 Å². The number of hydrogen-bond donors (Lipinski definition) is 1. The Morgan fingerprint density at radius 3 is 2.71 bits per heavy atom. The number of aromatic nitrogens is 1. The third-order valence-corrected chi connectivity index (χ3v) is 5.58. The lowest BCUT2D eigenvalue weighted by Crippen LogP contribution is -2.56. The highest BCUT2D eigenvalue weighted by Crippen LogP contribution is 2.31. The lowest BCUT2D eigenvalue weighted by Gasteiger charge is -2.45. The zero-order valence-electron chi connectivity index (χ0n) is 13.0. The van der Waals surface area contributed by atoms with E-state index in [1.807, 2.05) is 11.3 Å². The van der Waals surface area contributed by atoms with Crippen molar-refractivity contribution in [2.24, 2.45) is 0 Å². The molecule has 0 saturated carbocycles. The van der Waals surface area contributed by atoms with Crippen LogP contribution in [0.5, 0.6) is 0 Å². The average Bonchev–Trinajstić information content (AvgIpc) is 2.81. The van der Waals surface area contributed by atoms with Crippen molar-refractivity contribution in [1.82, 2.24) is 15.2 Å². The van der Waals surface area contributed by atoms with Crippen LogP contribution in [0.1, 0.15) is 28.1 Å². The van der Waals surface area contributed by atoms with Crippen molar-refractivity contribution in [3.63, 3.8) is 0 Å². The van der Waals surface area contributed by atoms with Crippen LogP contribution in [0.25, 0.3) is 0 Å². The molecule has 2 heterocycles. The Morgan fingerprint density at radius 1 is 1.29 bits per heavy atom. The number of aryl methyl sites for hydroxylation is 2. The molecule has 21 heavy (non-hydrogen) atoms. The van der Waals surface area contributed by atoms with Gasteiger partial charge in [0.05, 0.1) is 17.8 Å². The average molecular weight is 301 g/mol. The van der Waals surface area contributed by atoms with E-state index < -0.39 is 0 Å². The molecule has 1 unspecified atom stereocenters. The van der Waals surface area contributed by atoms with Gasteiger partial charge in [0.2, 0.25) is 0 Å². The van der Waals surface area contributed by atoms with Gasteiger partial charge in [-0.25, -0.2) is 4.98 Å². The molecule has 1 aromatic carbocycles. The molecule has 3 nitrogen and oxygen atoms in total. The fourth-order valence-corrected chi connectivity index (χ4v) is 3.96. The maximum absolute atomic E-state index is 4.72. The normalized spacial score (nSPS) is 23.4. The Hall–Kier alpha value is -1.23. The Labute approximate surface area is 131 Å². The number of piperazine rings is 1.